The van der Waals surface area contributed by atoms with Crippen LogP contribution in [0.4, 0.5) is 5.82 Å². The second kappa shape index (κ2) is 4.17. The molecule has 0 spiro atoms. The Hall–Kier alpha value is -1.75. The van der Waals surface area contributed by atoms with Crippen molar-refractivity contribution >= 4 is 23.3 Å². The van der Waals surface area contributed by atoms with Gasteiger partial charge in [0.25, 0.3) is 5.91 Å². The largest absolute Gasteiger partial charge is 0.339 e. The highest BCUT2D eigenvalue weighted by molar-refractivity contribution is 6.31. The second-order valence-corrected chi connectivity index (χ2v) is 5.00. The van der Waals surface area contributed by atoms with Crippen molar-refractivity contribution in [1.29, 1.82) is 0 Å². The Morgan fingerprint density at radius 2 is 2.39 bits per heavy atom. The second-order valence-electron chi connectivity index (χ2n) is 4.56. The van der Waals surface area contributed by atoms with Gasteiger partial charge in [-0.2, -0.15) is 5.10 Å². The first-order chi connectivity index (χ1) is 8.65. The maximum Gasteiger partial charge on any atom is 0.273 e. The molecule has 2 N–H and O–H groups in total. The fourth-order valence-corrected chi connectivity index (χ4v) is 2.14. The lowest BCUT2D eigenvalue weighted by molar-refractivity contribution is 0.101. The van der Waals surface area contributed by atoms with Crippen molar-refractivity contribution in [2.75, 3.05) is 5.32 Å². The summed E-state index contributed by atoms with van der Waals surface area (Å²) < 4.78 is 1.95. The third kappa shape index (κ3) is 2.01. The van der Waals surface area contributed by atoms with Gasteiger partial charge in [-0.1, -0.05) is 11.6 Å². The zero-order valence-corrected chi connectivity index (χ0v) is 10.7. The van der Waals surface area contributed by atoms with Gasteiger partial charge in [0.15, 0.2) is 0 Å². The molecule has 3 rings (SSSR count). The number of carbonyl (C=O) groups is 1. The van der Waals surface area contributed by atoms with Crippen molar-refractivity contribution in [3.8, 4) is 0 Å². The monoisotopic (exact) mass is 264 g/mol. The van der Waals surface area contributed by atoms with E-state index in [2.05, 4.69) is 15.5 Å². The van der Waals surface area contributed by atoms with Crippen molar-refractivity contribution < 1.29 is 4.79 Å². The normalized spacial score (nSPS) is 14.8. The van der Waals surface area contributed by atoms with Crippen molar-refractivity contribution in [2.24, 2.45) is 0 Å². The van der Waals surface area contributed by atoms with Crippen LogP contribution in [0.25, 0.3) is 0 Å². The summed E-state index contributed by atoms with van der Waals surface area (Å²) in [4.78, 5) is 12.2. The van der Waals surface area contributed by atoms with Gasteiger partial charge in [-0.3, -0.25) is 9.89 Å². The molecule has 5 nitrogen and oxygen atoms in total. The number of aromatic nitrogens is 3. The lowest BCUT2D eigenvalue weighted by Gasteiger charge is -2.07. The Kier molecular flexibility index (Phi) is 2.63. The third-order valence-corrected chi connectivity index (χ3v) is 3.26. The van der Waals surface area contributed by atoms with Crippen molar-refractivity contribution in [1.82, 2.24) is 14.8 Å². The summed E-state index contributed by atoms with van der Waals surface area (Å²) in [7, 11) is 0. The van der Waals surface area contributed by atoms with Gasteiger partial charge in [0.05, 0.1) is 11.2 Å². The Labute approximate surface area is 109 Å². The molecule has 2 heterocycles. The quantitative estimate of drug-likeness (QED) is 0.895. The SMILES string of the molecule is Cc1cn[nH]c1NC(=O)c1cc(Cl)cn1C1CC1. The van der Waals surface area contributed by atoms with Gasteiger partial charge in [-0.25, -0.2) is 0 Å². The number of amides is 1. The van der Waals surface area contributed by atoms with E-state index in [1.807, 2.05) is 17.7 Å². The summed E-state index contributed by atoms with van der Waals surface area (Å²) in [5.41, 5.74) is 1.50. The maximum atomic E-state index is 12.2. The molecule has 94 valence electrons. The molecular formula is C12H13ClN4O. The van der Waals surface area contributed by atoms with Crippen molar-refractivity contribution in [2.45, 2.75) is 25.8 Å². The molecule has 1 saturated carbocycles. The summed E-state index contributed by atoms with van der Waals surface area (Å²) in [6.45, 7) is 1.88. The molecule has 0 saturated heterocycles. The molecule has 0 unspecified atom stereocenters. The van der Waals surface area contributed by atoms with Crippen molar-refractivity contribution in [3.05, 3.63) is 34.7 Å². The zero-order valence-electron chi connectivity index (χ0n) is 9.90. The molecule has 0 aromatic carbocycles. The molecule has 0 atom stereocenters. The summed E-state index contributed by atoms with van der Waals surface area (Å²) in [6, 6.07) is 2.11. The number of H-pyrrole nitrogens is 1. The molecule has 0 radical (unpaired) electrons. The third-order valence-electron chi connectivity index (χ3n) is 3.06. The van der Waals surface area contributed by atoms with Crippen LogP contribution in [-0.4, -0.2) is 20.7 Å². The van der Waals surface area contributed by atoms with Gasteiger partial charge in [0.2, 0.25) is 0 Å². The van der Waals surface area contributed by atoms with E-state index in [0.717, 1.165) is 18.4 Å². The van der Waals surface area contributed by atoms with E-state index in [9.17, 15) is 4.79 Å². The maximum absolute atomic E-state index is 12.2. The minimum atomic E-state index is -0.166. The first-order valence-corrected chi connectivity index (χ1v) is 6.21. The molecular weight excluding hydrogens is 252 g/mol. The van der Waals surface area contributed by atoms with Crippen LogP contribution in [0.1, 0.15) is 34.9 Å². The highest BCUT2D eigenvalue weighted by Gasteiger charge is 2.28. The number of aromatic amines is 1. The van der Waals surface area contributed by atoms with E-state index in [4.69, 9.17) is 11.6 Å². The summed E-state index contributed by atoms with van der Waals surface area (Å²) in [5.74, 6) is 0.459. The van der Waals surface area contributed by atoms with Crippen LogP contribution in [0, 0.1) is 6.92 Å². The minimum Gasteiger partial charge on any atom is -0.339 e. The molecule has 2 aromatic rings. The molecule has 0 aliphatic heterocycles. The van der Waals surface area contributed by atoms with Crippen LogP contribution in [0.5, 0.6) is 0 Å². The standard InChI is InChI=1S/C12H13ClN4O/c1-7-5-14-16-11(7)15-12(18)10-4-8(13)6-17(10)9-2-3-9/h4-6,9H,2-3H2,1H3,(H2,14,15,16,18). The molecule has 18 heavy (non-hydrogen) atoms. The highest BCUT2D eigenvalue weighted by atomic mass is 35.5. The Balaban J connectivity index is 1.86. The minimum absolute atomic E-state index is 0.166. The van der Waals surface area contributed by atoms with Gasteiger partial charge in [-0.15, -0.1) is 0 Å². The molecule has 1 aliphatic rings. The number of nitrogens with zero attached hydrogens (tertiary/aromatic N) is 2. The average Bonchev–Trinajstić information content (AvgIpc) is 3.00. The van der Waals surface area contributed by atoms with E-state index in [1.165, 1.54) is 0 Å². The summed E-state index contributed by atoms with van der Waals surface area (Å²) in [5, 5.41) is 10.0. The van der Waals surface area contributed by atoms with Crippen molar-refractivity contribution in [3.63, 3.8) is 0 Å². The van der Waals surface area contributed by atoms with Crippen LogP contribution < -0.4 is 5.32 Å². The highest BCUT2D eigenvalue weighted by Crippen LogP contribution is 2.37. The van der Waals surface area contributed by atoms with E-state index in [0.29, 0.717) is 22.6 Å². The van der Waals surface area contributed by atoms with E-state index in [1.54, 1.807) is 12.3 Å². The number of rotatable bonds is 3. The van der Waals surface area contributed by atoms with Gasteiger partial charge < -0.3 is 9.88 Å². The molecule has 1 fully saturated rings. The van der Waals surface area contributed by atoms with Crippen LogP contribution in [0.2, 0.25) is 5.02 Å². The number of carbonyl (C=O) groups excluding carboxylic acids is 1. The van der Waals surface area contributed by atoms with Crippen LogP contribution in [0.15, 0.2) is 18.5 Å². The Morgan fingerprint density at radius 3 is 3.00 bits per heavy atom. The van der Waals surface area contributed by atoms with E-state index >= 15 is 0 Å². The summed E-state index contributed by atoms with van der Waals surface area (Å²) >= 11 is 5.97. The molecule has 2 aromatic heterocycles. The number of anilines is 1. The summed E-state index contributed by atoms with van der Waals surface area (Å²) in [6.07, 6.45) is 5.69. The predicted octanol–water partition coefficient (Wildman–Crippen LogP) is 2.76. The van der Waals surface area contributed by atoms with E-state index < -0.39 is 0 Å². The van der Waals surface area contributed by atoms with Gasteiger partial charge in [0, 0.05) is 17.8 Å². The first kappa shape index (κ1) is 11.3. The Bertz CT molecular complexity index is 597. The number of hydrogen-bond acceptors (Lipinski definition) is 2. The van der Waals surface area contributed by atoms with Gasteiger partial charge >= 0.3 is 0 Å². The van der Waals surface area contributed by atoms with Gasteiger partial charge in [-0.05, 0) is 25.8 Å². The number of nitrogens with one attached hydrogen (secondary N) is 2. The molecule has 1 aliphatic carbocycles. The number of aryl methyl sites for hydroxylation is 1. The average molecular weight is 265 g/mol. The first-order valence-electron chi connectivity index (χ1n) is 5.84. The fourth-order valence-electron chi connectivity index (χ4n) is 1.93. The van der Waals surface area contributed by atoms with Crippen LogP contribution in [0.3, 0.4) is 0 Å². The molecule has 6 heteroatoms. The smallest absolute Gasteiger partial charge is 0.273 e. The molecule has 1 amide bonds. The zero-order chi connectivity index (χ0) is 12.7. The predicted molar refractivity (Wildman–Crippen MR) is 69.0 cm³/mol. The number of hydrogen-bond donors (Lipinski definition) is 2. The van der Waals surface area contributed by atoms with E-state index in [-0.39, 0.29) is 5.91 Å². The fraction of sp³-hybridized carbons (Fsp3) is 0.333. The lowest BCUT2D eigenvalue weighted by Crippen LogP contribution is -2.17. The van der Waals surface area contributed by atoms with Gasteiger partial charge in [0.1, 0.15) is 11.5 Å². The number of halogens is 1. The van der Waals surface area contributed by atoms with Crippen LogP contribution >= 0.6 is 11.6 Å². The topological polar surface area (TPSA) is 62.7 Å². The van der Waals surface area contributed by atoms with Crippen LogP contribution in [-0.2, 0) is 0 Å². The molecule has 0 bridgehead atoms. The Morgan fingerprint density at radius 1 is 1.61 bits per heavy atom. The lowest BCUT2D eigenvalue weighted by atomic mass is 10.3.